The minimum Gasteiger partial charge on any atom is -0.355 e. The van der Waals surface area contributed by atoms with Crippen LogP contribution in [0.15, 0.2) is 35.2 Å². The standard InChI is InChI=1S/C19H28N2O2S/c22-19(20-12-14-24(23)18-9-5-2-6-10-18)16-11-13-21(15-16)17-7-3-1-4-8-17/h2,5-6,9-10,16-17H,1,3-4,7-8,11-15H2,(H,20,22)/t16-,24-/m0/s1. The Morgan fingerprint density at radius 1 is 1.12 bits per heavy atom. The van der Waals surface area contributed by atoms with Gasteiger partial charge in [-0.05, 0) is 37.9 Å². The number of nitrogens with zero attached hydrogens (tertiary/aromatic N) is 1. The molecule has 0 spiro atoms. The van der Waals surface area contributed by atoms with Crippen molar-refractivity contribution in [3.8, 4) is 0 Å². The van der Waals surface area contributed by atoms with Gasteiger partial charge in [0.05, 0.1) is 16.7 Å². The van der Waals surface area contributed by atoms with Crippen LogP contribution in [0.3, 0.4) is 0 Å². The number of hydrogen-bond acceptors (Lipinski definition) is 3. The lowest BCUT2D eigenvalue weighted by molar-refractivity contribution is -0.124. The van der Waals surface area contributed by atoms with Crippen LogP contribution in [0, 0.1) is 5.92 Å². The molecule has 4 nitrogen and oxygen atoms in total. The average Bonchev–Trinajstić information content (AvgIpc) is 3.13. The Morgan fingerprint density at radius 2 is 1.88 bits per heavy atom. The van der Waals surface area contributed by atoms with Gasteiger partial charge in [0.15, 0.2) is 0 Å². The molecule has 1 saturated carbocycles. The second kappa shape index (κ2) is 8.77. The van der Waals surface area contributed by atoms with E-state index in [1.54, 1.807) is 0 Å². The van der Waals surface area contributed by atoms with Crippen LogP contribution in [0.4, 0.5) is 0 Å². The van der Waals surface area contributed by atoms with E-state index in [9.17, 15) is 9.00 Å². The summed E-state index contributed by atoms with van der Waals surface area (Å²) < 4.78 is 12.2. The average molecular weight is 349 g/mol. The number of nitrogens with one attached hydrogen (secondary N) is 1. The molecule has 0 aromatic heterocycles. The van der Waals surface area contributed by atoms with Crippen molar-refractivity contribution in [1.29, 1.82) is 0 Å². The van der Waals surface area contributed by atoms with E-state index < -0.39 is 10.8 Å². The number of carbonyl (C=O) groups excluding carboxylic acids is 1. The van der Waals surface area contributed by atoms with Gasteiger partial charge in [0.2, 0.25) is 5.91 Å². The van der Waals surface area contributed by atoms with Gasteiger partial charge in [-0.2, -0.15) is 0 Å². The van der Waals surface area contributed by atoms with Crippen molar-refractivity contribution in [3.05, 3.63) is 30.3 Å². The number of likely N-dealkylation sites (tertiary alicyclic amines) is 1. The van der Waals surface area contributed by atoms with Crippen LogP contribution in [0.25, 0.3) is 0 Å². The first-order chi connectivity index (χ1) is 11.7. The van der Waals surface area contributed by atoms with Gasteiger partial charge in [-0.1, -0.05) is 37.5 Å². The molecule has 1 aliphatic carbocycles. The molecule has 132 valence electrons. The summed E-state index contributed by atoms with van der Waals surface area (Å²) in [6, 6.07) is 10.1. The molecule has 2 atom stereocenters. The third-order valence-corrected chi connectivity index (χ3v) is 6.65. The van der Waals surface area contributed by atoms with Gasteiger partial charge in [0.1, 0.15) is 0 Å². The molecule has 24 heavy (non-hydrogen) atoms. The predicted molar refractivity (Wildman–Crippen MR) is 97.3 cm³/mol. The smallest absolute Gasteiger partial charge is 0.224 e. The van der Waals surface area contributed by atoms with Gasteiger partial charge >= 0.3 is 0 Å². The van der Waals surface area contributed by atoms with Crippen LogP contribution in [-0.4, -0.2) is 46.4 Å². The molecule has 2 aliphatic rings. The van der Waals surface area contributed by atoms with Crippen LogP contribution >= 0.6 is 0 Å². The van der Waals surface area contributed by atoms with Crippen molar-refractivity contribution >= 4 is 16.7 Å². The molecule has 0 bridgehead atoms. The largest absolute Gasteiger partial charge is 0.355 e. The summed E-state index contributed by atoms with van der Waals surface area (Å²) in [6.07, 6.45) is 7.60. The molecule has 1 aromatic carbocycles. The minimum absolute atomic E-state index is 0.108. The molecular formula is C19H28N2O2S. The van der Waals surface area contributed by atoms with Crippen LogP contribution in [0.5, 0.6) is 0 Å². The zero-order valence-corrected chi connectivity index (χ0v) is 15.1. The molecule has 1 saturated heterocycles. The van der Waals surface area contributed by atoms with Crippen LogP contribution in [-0.2, 0) is 15.6 Å². The molecule has 1 aromatic rings. The second-order valence-corrected chi connectivity index (χ2v) is 8.50. The summed E-state index contributed by atoms with van der Waals surface area (Å²) in [6.45, 7) is 2.44. The van der Waals surface area contributed by atoms with Crippen molar-refractivity contribution in [2.45, 2.75) is 49.5 Å². The van der Waals surface area contributed by atoms with Gasteiger partial charge < -0.3 is 5.32 Å². The molecule has 1 heterocycles. The fraction of sp³-hybridized carbons (Fsp3) is 0.632. The first-order valence-electron chi connectivity index (χ1n) is 9.19. The summed E-state index contributed by atoms with van der Waals surface area (Å²) in [5.41, 5.74) is 0. The molecule has 1 N–H and O–H groups in total. The lowest BCUT2D eigenvalue weighted by atomic mass is 9.94. The second-order valence-electron chi connectivity index (χ2n) is 6.93. The highest BCUT2D eigenvalue weighted by Crippen LogP contribution is 2.27. The van der Waals surface area contributed by atoms with Crippen LogP contribution in [0.2, 0.25) is 0 Å². The SMILES string of the molecule is O=C(NCC[S@](=O)c1ccccc1)[C@H]1CCN(C2CCCCC2)C1. The van der Waals surface area contributed by atoms with Gasteiger partial charge in [0.25, 0.3) is 0 Å². The van der Waals surface area contributed by atoms with E-state index >= 15 is 0 Å². The topological polar surface area (TPSA) is 49.4 Å². The summed E-state index contributed by atoms with van der Waals surface area (Å²) >= 11 is 0. The Morgan fingerprint density at radius 3 is 2.62 bits per heavy atom. The highest BCUT2D eigenvalue weighted by atomic mass is 32.2. The van der Waals surface area contributed by atoms with Crippen LogP contribution in [0.1, 0.15) is 38.5 Å². The first kappa shape index (κ1) is 17.6. The molecule has 3 rings (SSSR count). The Hall–Kier alpha value is -1.20. The maximum Gasteiger partial charge on any atom is 0.224 e. The Bertz CT molecular complexity index is 558. The zero-order valence-electron chi connectivity index (χ0n) is 14.3. The number of benzene rings is 1. The van der Waals surface area contributed by atoms with Gasteiger partial charge in [0, 0.05) is 29.8 Å². The van der Waals surface area contributed by atoms with Crippen molar-refractivity contribution < 1.29 is 9.00 Å². The van der Waals surface area contributed by atoms with E-state index in [4.69, 9.17) is 0 Å². The number of hydrogen-bond donors (Lipinski definition) is 1. The lowest BCUT2D eigenvalue weighted by Crippen LogP contribution is -2.38. The molecule has 5 heteroatoms. The van der Waals surface area contributed by atoms with E-state index in [0.717, 1.165) is 24.4 Å². The third kappa shape index (κ3) is 4.67. The van der Waals surface area contributed by atoms with Crippen molar-refractivity contribution in [2.24, 2.45) is 5.92 Å². The Balaban J connectivity index is 1.39. The number of rotatable bonds is 6. The minimum atomic E-state index is -1.04. The molecule has 1 aliphatic heterocycles. The fourth-order valence-corrected chi connectivity index (χ4v) is 4.86. The number of amides is 1. The lowest BCUT2D eigenvalue weighted by Gasteiger charge is -2.30. The predicted octanol–water partition coefficient (Wildman–Crippen LogP) is 2.57. The van der Waals surface area contributed by atoms with E-state index in [0.29, 0.717) is 18.3 Å². The molecule has 2 fully saturated rings. The first-order valence-corrected chi connectivity index (χ1v) is 10.5. The highest BCUT2D eigenvalue weighted by molar-refractivity contribution is 7.85. The Labute approximate surface area is 147 Å². The highest BCUT2D eigenvalue weighted by Gasteiger charge is 2.32. The molecular weight excluding hydrogens is 320 g/mol. The summed E-state index contributed by atoms with van der Waals surface area (Å²) in [5, 5.41) is 2.99. The van der Waals surface area contributed by atoms with Crippen molar-refractivity contribution in [3.63, 3.8) is 0 Å². The summed E-state index contributed by atoms with van der Waals surface area (Å²) in [5.74, 6) is 0.727. The van der Waals surface area contributed by atoms with E-state index in [1.165, 1.54) is 32.1 Å². The molecule has 1 amide bonds. The summed E-state index contributed by atoms with van der Waals surface area (Å²) in [7, 11) is -1.04. The fourth-order valence-electron chi connectivity index (χ4n) is 3.88. The van der Waals surface area contributed by atoms with E-state index in [1.807, 2.05) is 30.3 Å². The summed E-state index contributed by atoms with van der Waals surface area (Å²) in [4.78, 5) is 15.7. The molecule has 0 radical (unpaired) electrons. The normalized spacial score (nSPS) is 23.9. The third-order valence-electron chi connectivity index (χ3n) is 5.27. The Kier molecular flexibility index (Phi) is 6.44. The maximum absolute atomic E-state index is 12.4. The van der Waals surface area contributed by atoms with Gasteiger partial charge in [-0.3, -0.25) is 13.9 Å². The van der Waals surface area contributed by atoms with Gasteiger partial charge in [-0.15, -0.1) is 0 Å². The molecule has 0 unspecified atom stereocenters. The zero-order chi connectivity index (χ0) is 16.8. The van der Waals surface area contributed by atoms with Crippen LogP contribution < -0.4 is 5.32 Å². The van der Waals surface area contributed by atoms with Crippen molar-refractivity contribution in [2.75, 3.05) is 25.4 Å². The van der Waals surface area contributed by atoms with Gasteiger partial charge in [-0.25, -0.2) is 0 Å². The van der Waals surface area contributed by atoms with E-state index in [-0.39, 0.29) is 11.8 Å². The maximum atomic E-state index is 12.4. The monoisotopic (exact) mass is 348 g/mol. The quantitative estimate of drug-likeness (QED) is 0.859. The van der Waals surface area contributed by atoms with Crippen molar-refractivity contribution in [1.82, 2.24) is 10.2 Å². The van der Waals surface area contributed by atoms with E-state index in [2.05, 4.69) is 10.2 Å². The number of carbonyl (C=O) groups is 1.